The largest absolute Gasteiger partial charge is 0.510 e. The highest BCUT2D eigenvalue weighted by molar-refractivity contribution is 5.83. The Kier molecular flexibility index (Phi) is 3.42. The Hall–Kier alpha value is -2.37. The lowest BCUT2D eigenvalue weighted by Gasteiger charge is -2.35. The molecule has 5 heteroatoms. The standard InChI is InChI=1S/C20H20N2O3/c1-4-24-17(23)18-9-6-5-7-16(18)20(21-2,22-3)13-19-10-8-15(25-19)11-14(19)12-18/h7-8,10-11,15H,4-6,9,12-13H2,1H3/t15-,18+,19-/m1/s1. The molecule has 5 nitrogen and oxygen atoms in total. The van der Waals surface area contributed by atoms with Gasteiger partial charge in [-0.1, -0.05) is 12.2 Å². The number of carbonyl (C=O) groups excluding carboxylic acids is 1. The molecule has 2 aliphatic heterocycles. The topological polar surface area (TPSA) is 44.2 Å². The summed E-state index contributed by atoms with van der Waals surface area (Å²) in [5.41, 5.74) is -1.39. The average molecular weight is 336 g/mol. The van der Waals surface area contributed by atoms with Crippen LogP contribution in [0.3, 0.4) is 0 Å². The monoisotopic (exact) mass is 336 g/mol. The van der Waals surface area contributed by atoms with E-state index in [9.17, 15) is 4.79 Å². The molecule has 3 atom stereocenters. The van der Waals surface area contributed by atoms with Crippen molar-refractivity contribution in [2.24, 2.45) is 5.41 Å². The molecule has 0 amide bonds. The van der Waals surface area contributed by atoms with Gasteiger partial charge in [0.25, 0.3) is 0 Å². The molecule has 4 rings (SSSR count). The average Bonchev–Trinajstić information content (AvgIpc) is 3.14. The number of esters is 1. The third-order valence-corrected chi connectivity index (χ3v) is 5.95. The summed E-state index contributed by atoms with van der Waals surface area (Å²) < 4.78 is 11.6. The molecule has 128 valence electrons. The summed E-state index contributed by atoms with van der Waals surface area (Å²) in [6, 6.07) is 0. The van der Waals surface area contributed by atoms with Crippen molar-refractivity contribution in [3.8, 4) is 0 Å². The zero-order valence-corrected chi connectivity index (χ0v) is 14.2. The molecule has 1 saturated carbocycles. The first-order valence-corrected chi connectivity index (χ1v) is 8.78. The smallest absolute Gasteiger partial charge is 0.465 e. The molecule has 2 aliphatic carbocycles. The van der Waals surface area contributed by atoms with Crippen LogP contribution in [0.25, 0.3) is 9.69 Å². The van der Waals surface area contributed by atoms with Crippen molar-refractivity contribution in [2.75, 3.05) is 6.61 Å². The Morgan fingerprint density at radius 1 is 1.44 bits per heavy atom. The molecule has 1 fully saturated rings. The Balaban J connectivity index is 1.94. The molecular formula is C20H20N2O3. The second-order valence-corrected chi connectivity index (χ2v) is 7.23. The Morgan fingerprint density at radius 3 is 2.92 bits per heavy atom. The third-order valence-electron chi connectivity index (χ3n) is 5.95. The van der Waals surface area contributed by atoms with Gasteiger partial charge in [-0.25, -0.2) is 22.8 Å². The van der Waals surface area contributed by atoms with Gasteiger partial charge >= 0.3 is 11.6 Å². The summed E-state index contributed by atoms with van der Waals surface area (Å²) in [5, 5.41) is 0. The minimum atomic E-state index is -1.41. The predicted octanol–water partition coefficient (Wildman–Crippen LogP) is 3.61. The molecule has 1 spiro atoms. The summed E-state index contributed by atoms with van der Waals surface area (Å²) in [6.45, 7) is 17.8. The first-order valence-electron chi connectivity index (χ1n) is 8.78. The van der Waals surface area contributed by atoms with Crippen molar-refractivity contribution >= 4 is 5.97 Å². The molecule has 0 aromatic rings. The maximum Gasteiger partial charge on any atom is 0.510 e. The van der Waals surface area contributed by atoms with Crippen LogP contribution in [0.2, 0.25) is 0 Å². The number of nitrogens with zero attached hydrogens (tertiary/aromatic N) is 2. The Labute approximate surface area is 147 Å². The van der Waals surface area contributed by atoms with Crippen LogP contribution in [-0.4, -0.2) is 29.9 Å². The van der Waals surface area contributed by atoms with Gasteiger partial charge < -0.3 is 9.47 Å². The maximum absolute atomic E-state index is 13.1. The van der Waals surface area contributed by atoms with Gasteiger partial charge in [-0.05, 0) is 50.3 Å². The second-order valence-electron chi connectivity index (χ2n) is 7.23. The minimum absolute atomic E-state index is 0.113. The van der Waals surface area contributed by atoms with Crippen molar-refractivity contribution in [1.29, 1.82) is 0 Å². The van der Waals surface area contributed by atoms with Crippen LogP contribution < -0.4 is 0 Å². The second kappa shape index (κ2) is 5.31. The SMILES string of the molecule is [C-]#[N+]C1([N+]#[C-])C[C@]23C=C[C@H](C=C2C[C@@]2(C(=O)OCC)CCCC=C12)O3. The Morgan fingerprint density at radius 2 is 2.24 bits per heavy atom. The van der Waals surface area contributed by atoms with Crippen LogP contribution >= 0.6 is 0 Å². The zero-order chi connectivity index (χ0) is 17.7. The number of hydrogen-bond donors (Lipinski definition) is 0. The van der Waals surface area contributed by atoms with E-state index in [2.05, 4.69) is 15.8 Å². The molecule has 4 aliphatic rings. The van der Waals surface area contributed by atoms with Gasteiger partial charge in [-0.3, -0.25) is 4.79 Å². The van der Waals surface area contributed by atoms with E-state index < -0.39 is 16.7 Å². The lowest BCUT2D eigenvalue weighted by atomic mass is 9.66. The summed E-state index contributed by atoms with van der Waals surface area (Å²) in [4.78, 5) is 20.6. The van der Waals surface area contributed by atoms with Crippen molar-refractivity contribution < 1.29 is 14.3 Å². The summed E-state index contributed by atoms with van der Waals surface area (Å²) in [6.07, 6.45) is 10.8. The van der Waals surface area contributed by atoms with E-state index in [4.69, 9.17) is 22.6 Å². The first-order chi connectivity index (χ1) is 12.0. The normalized spacial score (nSPS) is 36.8. The number of rotatable bonds is 2. The molecule has 2 bridgehead atoms. The van der Waals surface area contributed by atoms with Gasteiger partial charge in [0, 0.05) is 0 Å². The van der Waals surface area contributed by atoms with E-state index in [1.54, 1.807) is 6.92 Å². The van der Waals surface area contributed by atoms with Crippen LogP contribution in [0.5, 0.6) is 0 Å². The predicted molar refractivity (Wildman–Crippen MR) is 91.0 cm³/mol. The van der Waals surface area contributed by atoms with Crippen molar-refractivity contribution in [2.45, 2.75) is 56.4 Å². The van der Waals surface area contributed by atoms with E-state index in [0.29, 0.717) is 25.0 Å². The molecule has 25 heavy (non-hydrogen) atoms. The fraction of sp³-hybridized carbons (Fsp3) is 0.550. The number of fused-ring (bicyclic) bond motifs is 2. The van der Waals surface area contributed by atoms with Crippen LogP contribution in [-0.2, 0) is 14.3 Å². The van der Waals surface area contributed by atoms with Crippen LogP contribution in [0.15, 0.2) is 35.5 Å². The lowest BCUT2D eigenvalue weighted by Crippen LogP contribution is -2.43. The minimum Gasteiger partial charge on any atom is -0.465 e. The highest BCUT2D eigenvalue weighted by Crippen LogP contribution is 2.60. The Bertz CT molecular complexity index is 796. The van der Waals surface area contributed by atoms with Crippen molar-refractivity contribution in [3.63, 3.8) is 0 Å². The number of ether oxygens (including phenoxy) is 2. The van der Waals surface area contributed by atoms with E-state index in [1.165, 1.54) is 0 Å². The maximum atomic E-state index is 13.1. The van der Waals surface area contributed by atoms with Gasteiger partial charge in [0.05, 0.1) is 12.7 Å². The highest BCUT2D eigenvalue weighted by atomic mass is 16.5. The van der Waals surface area contributed by atoms with E-state index in [1.807, 2.05) is 18.2 Å². The quantitative estimate of drug-likeness (QED) is 0.440. The van der Waals surface area contributed by atoms with Crippen LogP contribution in [0, 0.1) is 18.6 Å². The molecule has 0 saturated heterocycles. The molecule has 0 N–H and O–H groups in total. The summed E-state index contributed by atoms with van der Waals surface area (Å²) in [7, 11) is 0. The number of hydrogen-bond acceptors (Lipinski definition) is 3. The molecule has 0 radical (unpaired) electrons. The van der Waals surface area contributed by atoms with Gasteiger partial charge in [-0.15, -0.1) is 0 Å². The number of carbonyl (C=O) groups is 1. The summed E-state index contributed by atoms with van der Waals surface area (Å²) in [5.74, 6) is -0.303. The van der Waals surface area contributed by atoms with Crippen molar-refractivity contribution in [1.82, 2.24) is 0 Å². The lowest BCUT2D eigenvalue weighted by molar-refractivity contribution is -0.154. The number of allylic oxidation sites excluding steroid dienone is 1. The van der Waals surface area contributed by atoms with Gasteiger partial charge in [-0.2, -0.15) is 0 Å². The van der Waals surface area contributed by atoms with Crippen LogP contribution in [0.1, 0.15) is 39.0 Å². The summed E-state index contributed by atoms with van der Waals surface area (Å²) >= 11 is 0. The fourth-order valence-electron chi connectivity index (χ4n) is 4.88. The van der Waals surface area contributed by atoms with Gasteiger partial charge in [0.1, 0.15) is 23.0 Å². The third kappa shape index (κ3) is 2.00. The van der Waals surface area contributed by atoms with Crippen molar-refractivity contribution in [3.05, 3.63) is 58.3 Å². The molecule has 2 heterocycles. The van der Waals surface area contributed by atoms with Crippen LogP contribution in [0.4, 0.5) is 0 Å². The molecule has 0 aromatic carbocycles. The highest BCUT2D eigenvalue weighted by Gasteiger charge is 2.69. The fourth-order valence-corrected chi connectivity index (χ4v) is 4.88. The van der Waals surface area contributed by atoms with Gasteiger partial charge in [0.15, 0.2) is 0 Å². The molecule has 0 aromatic heterocycles. The van der Waals surface area contributed by atoms with Gasteiger partial charge in [0.2, 0.25) is 0 Å². The molecule has 0 unspecified atom stereocenters. The van der Waals surface area contributed by atoms with E-state index >= 15 is 0 Å². The van der Waals surface area contributed by atoms with E-state index in [0.717, 1.165) is 18.4 Å². The zero-order valence-electron chi connectivity index (χ0n) is 14.2. The first kappa shape index (κ1) is 16.1. The molecular weight excluding hydrogens is 316 g/mol. The van der Waals surface area contributed by atoms with E-state index in [-0.39, 0.29) is 18.5 Å².